The summed E-state index contributed by atoms with van der Waals surface area (Å²) in [5.74, 6) is -2.41. The number of rotatable bonds is 5. The maximum atomic E-state index is 11.5. The standard InChI is InChI=1S/C11H12O5.C4H6O2/c1-7(9(12)10(13)14)16-11(15)8-5-3-2-4-6-8;1-3-6-4(2)5/h2-7,9,12H,1H3,(H,13,14);3H,1H2,2H3. The summed E-state index contributed by atoms with van der Waals surface area (Å²) in [6, 6.07) is 8.15. The van der Waals surface area contributed by atoms with Crippen LogP contribution in [0.3, 0.4) is 0 Å². The minimum Gasteiger partial charge on any atom is -0.479 e. The zero-order valence-electron chi connectivity index (χ0n) is 12.3. The van der Waals surface area contributed by atoms with Crippen LogP contribution in [0.4, 0.5) is 0 Å². The number of benzene rings is 1. The minimum absolute atomic E-state index is 0.312. The zero-order valence-corrected chi connectivity index (χ0v) is 12.3. The maximum Gasteiger partial charge on any atom is 0.338 e. The van der Waals surface area contributed by atoms with E-state index in [9.17, 15) is 14.4 Å². The van der Waals surface area contributed by atoms with Crippen molar-refractivity contribution in [2.75, 3.05) is 0 Å². The van der Waals surface area contributed by atoms with E-state index in [4.69, 9.17) is 14.9 Å². The lowest BCUT2D eigenvalue weighted by Crippen LogP contribution is -2.35. The van der Waals surface area contributed by atoms with Crippen LogP contribution >= 0.6 is 0 Å². The third kappa shape index (κ3) is 7.81. The van der Waals surface area contributed by atoms with Gasteiger partial charge in [-0.2, -0.15) is 0 Å². The van der Waals surface area contributed by atoms with Gasteiger partial charge in [-0.1, -0.05) is 24.8 Å². The molecule has 0 radical (unpaired) electrons. The van der Waals surface area contributed by atoms with Crippen LogP contribution in [-0.2, 0) is 19.1 Å². The van der Waals surface area contributed by atoms with Gasteiger partial charge in [0.1, 0.15) is 6.10 Å². The second kappa shape index (κ2) is 10.1. The number of carbonyl (C=O) groups excluding carboxylic acids is 2. The maximum absolute atomic E-state index is 11.5. The van der Waals surface area contributed by atoms with E-state index in [0.29, 0.717) is 5.56 Å². The van der Waals surface area contributed by atoms with Gasteiger partial charge >= 0.3 is 17.9 Å². The molecule has 1 aromatic rings. The van der Waals surface area contributed by atoms with E-state index in [0.717, 1.165) is 6.26 Å². The number of ether oxygens (including phenoxy) is 2. The lowest BCUT2D eigenvalue weighted by atomic mass is 10.2. The predicted molar refractivity (Wildman–Crippen MR) is 76.9 cm³/mol. The topological polar surface area (TPSA) is 110 Å². The number of aliphatic hydroxyl groups excluding tert-OH is 1. The molecule has 1 aromatic carbocycles. The molecule has 2 atom stereocenters. The van der Waals surface area contributed by atoms with E-state index in [-0.39, 0.29) is 5.97 Å². The van der Waals surface area contributed by atoms with Crippen molar-refractivity contribution in [1.82, 2.24) is 0 Å². The van der Waals surface area contributed by atoms with Crippen molar-refractivity contribution in [2.45, 2.75) is 26.1 Å². The molecule has 1 rings (SSSR count). The average molecular weight is 310 g/mol. The number of hydrogen-bond donors (Lipinski definition) is 2. The Balaban J connectivity index is 0.000000626. The molecule has 7 nitrogen and oxygen atoms in total. The van der Waals surface area contributed by atoms with Gasteiger partial charge in [-0.25, -0.2) is 9.59 Å². The van der Waals surface area contributed by atoms with Crippen LogP contribution in [0, 0.1) is 0 Å². The van der Waals surface area contributed by atoms with E-state index in [1.54, 1.807) is 30.3 Å². The van der Waals surface area contributed by atoms with E-state index in [1.807, 2.05) is 0 Å². The third-order valence-corrected chi connectivity index (χ3v) is 2.25. The van der Waals surface area contributed by atoms with Crippen LogP contribution in [0.25, 0.3) is 0 Å². The van der Waals surface area contributed by atoms with Crippen molar-refractivity contribution in [3.63, 3.8) is 0 Å². The minimum atomic E-state index is -1.72. The van der Waals surface area contributed by atoms with Crippen LogP contribution in [0.1, 0.15) is 24.2 Å². The highest BCUT2D eigenvalue weighted by molar-refractivity contribution is 5.89. The largest absolute Gasteiger partial charge is 0.479 e. The number of esters is 2. The number of aliphatic hydroxyl groups is 1. The van der Waals surface area contributed by atoms with E-state index in [1.165, 1.54) is 13.8 Å². The Bertz CT molecular complexity index is 510. The Morgan fingerprint density at radius 2 is 1.77 bits per heavy atom. The van der Waals surface area contributed by atoms with Crippen molar-refractivity contribution in [3.05, 3.63) is 48.7 Å². The number of carbonyl (C=O) groups is 3. The van der Waals surface area contributed by atoms with Crippen LogP contribution < -0.4 is 0 Å². The molecule has 0 amide bonds. The van der Waals surface area contributed by atoms with Crippen molar-refractivity contribution in [3.8, 4) is 0 Å². The van der Waals surface area contributed by atoms with Gasteiger partial charge in [-0.3, -0.25) is 4.79 Å². The second-order valence-electron chi connectivity index (χ2n) is 4.04. The molecule has 0 aliphatic heterocycles. The third-order valence-electron chi connectivity index (χ3n) is 2.25. The fourth-order valence-corrected chi connectivity index (χ4v) is 1.19. The van der Waals surface area contributed by atoms with Gasteiger partial charge in [0.25, 0.3) is 0 Å². The number of carboxylic acid groups (broad SMARTS) is 1. The summed E-state index contributed by atoms with van der Waals surface area (Å²) in [5.41, 5.74) is 0.312. The first kappa shape index (κ1) is 19.3. The van der Waals surface area contributed by atoms with Gasteiger partial charge in [-0.15, -0.1) is 0 Å². The molecule has 0 spiro atoms. The average Bonchev–Trinajstić information content (AvgIpc) is 2.47. The molecule has 0 aliphatic rings. The molecular formula is C15H18O7. The second-order valence-corrected chi connectivity index (χ2v) is 4.04. The van der Waals surface area contributed by atoms with Gasteiger partial charge in [0.05, 0.1) is 11.8 Å². The van der Waals surface area contributed by atoms with Crippen LogP contribution in [0.5, 0.6) is 0 Å². The molecule has 7 heteroatoms. The van der Waals surface area contributed by atoms with E-state index < -0.39 is 24.1 Å². The molecule has 0 saturated carbocycles. The molecule has 0 aromatic heterocycles. The summed E-state index contributed by atoms with van der Waals surface area (Å²) in [5, 5.41) is 17.6. The monoisotopic (exact) mass is 310 g/mol. The molecule has 2 unspecified atom stereocenters. The fraction of sp³-hybridized carbons (Fsp3) is 0.267. The van der Waals surface area contributed by atoms with Crippen molar-refractivity contribution in [1.29, 1.82) is 0 Å². The molecule has 0 aliphatic carbocycles. The number of carboxylic acids is 1. The number of hydrogen-bond acceptors (Lipinski definition) is 6. The zero-order chi connectivity index (χ0) is 17.1. The highest BCUT2D eigenvalue weighted by Gasteiger charge is 2.25. The van der Waals surface area contributed by atoms with E-state index >= 15 is 0 Å². The molecule has 0 fully saturated rings. The highest BCUT2D eigenvalue weighted by Crippen LogP contribution is 2.06. The summed E-state index contributed by atoms with van der Waals surface area (Å²) >= 11 is 0. The van der Waals surface area contributed by atoms with Gasteiger partial charge in [0, 0.05) is 6.92 Å². The normalized spacial score (nSPS) is 12.0. The fourth-order valence-electron chi connectivity index (χ4n) is 1.19. The Morgan fingerprint density at radius 3 is 2.14 bits per heavy atom. The molecule has 120 valence electrons. The van der Waals surface area contributed by atoms with Crippen molar-refractivity contribution < 1.29 is 34.1 Å². The first-order chi connectivity index (χ1) is 10.3. The molecule has 2 N–H and O–H groups in total. The summed E-state index contributed by atoms with van der Waals surface area (Å²) in [6.45, 7) is 5.80. The quantitative estimate of drug-likeness (QED) is 0.624. The van der Waals surface area contributed by atoms with Crippen LogP contribution in [0.2, 0.25) is 0 Å². The first-order valence-corrected chi connectivity index (χ1v) is 6.24. The Morgan fingerprint density at radius 1 is 1.23 bits per heavy atom. The predicted octanol–water partition coefficient (Wildman–Crippen LogP) is 1.37. The highest BCUT2D eigenvalue weighted by atomic mass is 16.6. The Labute approximate surface area is 127 Å². The molecule has 0 bridgehead atoms. The summed E-state index contributed by atoms with van der Waals surface area (Å²) in [6.07, 6.45) is -1.71. The van der Waals surface area contributed by atoms with Gasteiger partial charge in [-0.05, 0) is 19.1 Å². The van der Waals surface area contributed by atoms with Crippen molar-refractivity contribution in [2.24, 2.45) is 0 Å². The smallest absolute Gasteiger partial charge is 0.338 e. The summed E-state index contributed by atoms with van der Waals surface area (Å²) < 4.78 is 8.96. The molecular weight excluding hydrogens is 292 g/mol. The van der Waals surface area contributed by atoms with Gasteiger partial charge in [0.15, 0.2) is 6.10 Å². The first-order valence-electron chi connectivity index (χ1n) is 6.24. The van der Waals surface area contributed by atoms with E-state index in [2.05, 4.69) is 11.3 Å². The lowest BCUT2D eigenvalue weighted by Gasteiger charge is -2.15. The number of aliphatic carboxylic acids is 1. The summed E-state index contributed by atoms with van der Waals surface area (Å²) in [7, 11) is 0. The van der Waals surface area contributed by atoms with Gasteiger partial charge < -0.3 is 19.7 Å². The summed E-state index contributed by atoms with van der Waals surface area (Å²) in [4.78, 5) is 31.6. The van der Waals surface area contributed by atoms with Crippen LogP contribution in [-0.4, -0.2) is 40.3 Å². The molecule has 0 saturated heterocycles. The van der Waals surface area contributed by atoms with Crippen molar-refractivity contribution >= 4 is 17.9 Å². The SMILES string of the molecule is C=COC(C)=O.CC(OC(=O)c1ccccc1)C(O)C(=O)O. The Kier molecular flexibility index (Phi) is 8.89. The molecule has 0 heterocycles. The lowest BCUT2D eigenvalue weighted by molar-refractivity contribution is -0.152. The Hall–Kier alpha value is -2.67. The molecule has 22 heavy (non-hydrogen) atoms. The van der Waals surface area contributed by atoms with Crippen LogP contribution in [0.15, 0.2) is 43.2 Å². The van der Waals surface area contributed by atoms with Gasteiger partial charge in [0.2, 0.25) is 0 Å².